The number of halogens is 1. The fourth-order valence-electron chi connectivity index (χ4n) is 2.17. The molecule has 92 valence electrons. The molecule has 0 saturated carbocycles. The third-order valence-electron chi connectivity index (χ3n) is 2.98. The maximum absolute atomic E-state index is 11.9. The first kappa shape index (κ1) is 11.9. The second kappa shape index (κ2) is 5.66. The van der Waals surface area contributed by atoms with Crippen LogP contribution in [-0.4, -0.2) is 25.3 Å². The molecule has 0 radical (unpaired) electrons. The van der Waals surface area contributed by atoms with E-state index in [1.165, 1.54) is 11.1 Å². The average molecular weight is 236 g/mol. The zero-order valence-corrected chi connectivity index (χ0v) is 9.71. The lowest BCUT2D eigenvalue weighted by molar-refractivity contribution is 0.237. The fraction of sp³-hybridized carbons (Fsp3) is 0.462. The van der Waals surface area contributed by atoms with E-state index in [1.54, 1.807) is 0 Å². The molecule has 4 heteroatoms. The van der Waals surface area contributed by atoms with Crippen LogP contribution >= 0.6 is 0 Å². The van der Waals surface area contributed by atoms with E-state index in [4.69, 9.17) is 0 Å². The Bertz CT molecular complexity index is 370. The van der Waals surface area contributed by atoms with Crippen LogP contribution in [0.25, 0.3) is 0 Å². The molecule has 1 aliphatic carbocycles. The molecular formula is C13H17FN2O. The Morgan fingerprint density at radius 3 is 2.53 bits per heavy atom. The van der Waals surface area contributed by atoms with Gasteiger partial charge in [0.1, 0.15) is 0 Å². The number of hydrogen-bond acceptors (Lipinski definition) is 1. The largest absolute Gasteiger partial charge is 0.338 e. The van der Waals surface area contributed by atoms with Crippen molar-refractivity contribution in [1.82, 2.24) is 10.6 Å². The van der Waals surface area contributed by atoms with Gasteiger partial charge in [-0.05, 0) is 30.4 Å². The Labute approximate surface area is 100 Å². The van der Waals surface area contributed by atoms with Gasteiger partial charge in [-0.2, -0.15) is 0 Å². The number of nitrogens with one attached hydrogen (secondary N) is 2. The molecule has 1 aromatic rings. The molecule has 0 atom stereocenters. The summed E-state index contributed by atoms with van der Waals surface area (Å²) in [6, 6.07) is 8.19. The van der Waals surface area contributed by atoms with Crippen LogP contribution in [0.4, 0.5) is 9.18 Å². The number of alkyl halides is 1. The molecule has 3 nitrogen and oxygen atoms in total. The molecular weight excluding hydrogens is 219 g/mol. The quantitative estimate of drug-likeness (QED) is 0.769. The van der Waals surface area contributed by atoms with Crippen LogP contribution in [0, 0.1) is 0 Å². The highest BCUT2D eigenvalue weighted by Crippen LogP contribution is 2.21. The van der Waals surface area contributed by atoms with Crippen molar-refractivity contribution in [1.29, 1.82) is 0 Å². The van der Waals surface area contributed by atoms with Gasteiger partial charge >= 0.3 is 6.03 Å². The maximum Gasteiger partial charge on any atom is 0.315 e. The van der Waals surface area contributed by atoms with Gasteiger partial charge < -0.3 is 10.6 Å². The number of rotatable bonds is 4. The minimum Gasteiger partial charge on any atom is -0.338 e. The summed E-state index contributed by atoms with van der Waals surface area (Å²) in [6.07, 6.45) is 2.14. The SMILES string of the molecule is O=C(NCCCF)NC1Cc2ccccc2C1. The Morgan fingerprint density at radius 2 is 1.94 bits per heavy atom. The summed E-state index contributed by atoms with van der Waals surface area (Å²) in [6.45, 7) is -0.00283. The molecule has 0 aliphatic heterocycles. The van der Waals surface area contributed by atoms with Crippen molar-refractivity contribution in [3.05, 3.63) is 35.4 Å². The van der Waals surface area contributed by atoms with Crippen molar-refractivity contribution in [3.63, 3.8) is 0 Å². The summed E-state index contributed by atoms with van der Waals surface area (Å²) in [5.74, 6) is 0. The van der Waals surface area contributed by atoms with Crippen LogP contribution in [-0.2, 0) is 12.8 Å². The van der Waals surface area contributed by atoms with Crippen LogP contribution in [0.5, 0.6) is 0 Å². The van der Waals surface area contributed by atoms with Crippen LogP contribution < -0.4 is 10.6 Å². The standard InChI is InChI=1S/C13H17FN2O/c14-6-3-7-15-13(17)16-12-8-10-4-1-2-5-11(10)9-12/h1-2,4-5,12H,3,6-9H2,(H2,15,16,17). The van der Waals surface area contributed by atoms with Crippen molar-refractivity contribution >= 4 is 6.03 Å². The molecule has 0 fully saturated rings. The first-order valence-electron chi connectivity index (χ1n) is 5.96. The Morgan fingerprint density at radius 1 is 1.29 bits per heavy atom. The molecule has 0 saturated heterocycles. The fourth-order valence-corrected chi connectivity index (χ4v) is 2.17. The van der Waals surface area contributed by atoms with E-state index < -0.39 is 6.67 Å². The highest BCUT2D eigenvalue weighted by atomic mass is 19.1. The molecule has 17 heavy (non-hydrogen) atoms. The lowest BCUT2D eigenvalue weighted by Crippen LogP contribution is -2.42. The van der Waals surface area contributed by atoms with Crippen LogP contribution in [0.1, 0.15) is 17.5 Å². The zero-order chi connectivity index (χ0) is 12.1. The molecule has 0 spiro atoms. The highest BCUT2D eigenvalue weighted by Gasteiger charge is 2.21. The van der Waals surface area contributed by atoms with Crippen molar-refractivity contribution in [2.45, 2.75) is 25.3 Å². The predicted octanol–water partition coefficient (Wildman–Crippen LogP) is 1.81. The van der Waals surface area contributed by atoms with Crippen LogP contribution in [0.3, 0.4) is 0 Å². The van der Waals surface area contributed by atoms with Gasteiger partial charge in [0, 0.05) is 12.6 Å². The molecule has 0 unspecified atom stereocenters. The summed E-state index contributed by atoms with van der Waals surface area (Å²) < 4.78 is 11.9. The van der Waals surface area contributed by atoms with Crippen molar-refractivity contribution in [2.75, 3.05) is 13.2 Å². The molecule has 0 aromatic heterocycles. The van der Waals surface area contributed by atoms with Gasteiger partial charge in [0.15, 0.2) is 0 Å². The summed E-state index contributed by atoms with van der Waals surface area (Å²) in [4.78, 5) is 11.5. The number of hydrogen-bond donors (Lipinski definition) is 2. The van der Waals surface area contributed by atoms with Gasteiger partial charge in [-0.1, -0.05) is 24.3 Å². The van der Waals surface area contributed by atoms with Gasteiger partial charge in [0.05, 0.1) is 6.67 Å². The maximum atomic E-state index is 11.9. The van der Waals surface area contributed by atoms with Crippen molar-refractivity contribution in [2.24, 2.45) is 0 Å². The normalized spacial score (nSPS) is 14.4. The zero-order valence-electron chi connectivity index (χ0n) is 9.71. The number of carbonyl (C=O) groups is 1. The Balaban J connectivity index is 1.77. The third-order valence-corrected chi connectivity index (χ3v) is 2.98. The lowest BCUT2D eigenvalue weighted by atomic mass is 10.1. The number of benzene rings is 1. The lowest BCUT2D eigenvalue weighted by Gasteiger charge is -2.12. The number of fused-ring (bicyclic) bond motifs is 1. The monoisotopic (exact) mass is 236 g/mol. The predicted molar refractivity (Wildman–Crippen MR) is 64.8 cm³/mol. The summed E-state index contributed by atoms with van der Waals surface area (Å²) in [7, 11) is 0. The molecule has 2 amide bonds. The number of carbonyl (C=O) groups excluding carboxylic acids is 1. The van der Waals surface area contributed by atoms with E-state index in [1.807, 2.05) is 12.1 Å². The van der Waals surface area contributed by atoms with E-state index in [2.05, 4.69) is 22.8 Å². The molecule has 0 heterocycles. The molecule has 2 rings (SSSR count). The molecule has 1 aromatic carbocycles. The minimum absolute atomic E-state index is 0.165. The van der Waals surface area contributed by atoms with Gasteiger partial charge in [0.2, 0.25) is 0 Å². The average Bonchev–Trinajstić information content (AvgIpc) is 2.71. The van der Waals surface area contributed by atoms with E-state index >= 15 is 0 Å². The molecule has 1 aliphatic rings. The van der Waals surface area contributed by atoms with Crippen molar-refractivity contribution in [3.8, 4) is 0 Å². The third kappa shape index (κ3) is 3.19. The number of urea groups is 1. The first-order chi connectivity index (χ1) is 8.29. The first-order valence-corrected chi connectivity index (χ1v) is 5.96. The van der Waals surface area contributed by atoms with E-state index in [-0.39, 0.29) is 12.1 Å². The van der Waals surface area contributed by atoms with Gasteiger partial charge in [0.25, 0.3) is 0 Å². The summed E-state index contributed by atoms with van der Waals surface area (Å²) in [5.41, 5.74) is 2.61. The summed E-state index contributed by atoms with van der Waals surface area (Å²) in [5, 5.41) is 5.56. The number of amides is 2. The van der Waals surface area contributed by atoms with Crippen molar-refractivity contribution < 1.29 is 9.18 Å². The smallest absolute Gasteiger partial charge is 0.315 e. The topological polar surface area (TPSA) is 41.1 Å². The van der Waals surface area contributed by atoms with Crippen LogP contribution in [0.2, 0.25) is 0 Å². The van der Waals surface area contributed by atoms with Gasteiger partial charge in [-0.3, -0.25) is 4.39 Å². The molecule has 2 N–H and O–H groups in total. The minimum atomic E-state index is -0.394. The van der Waals surface area contributed by atoms with Crippen LogP contribution in [0.15, 0.2) is 24.3 Å². The van der Waals surface area contributed by atoms with E-state index in [0.29, 0.717) is 13.0 Å². The van der Waals surface area contributed by atoms with Gasteiger partial charge in [-0.15, -0.1) is 0 Å². The molecule has 0 bridgehead atoms. The Hall–Kier alpha value is -1.58. The second-order valence-corrected chi connectivity index (χ2v) is 4.32. The highest BCUT2D eigenvalue weighted by molar-refractivity contribution is 5.74. The van der Waals surface area contributed by atoms with E-state index in [0.717, 1.165) is 12.8 Å². The van der Waals surface area contributed by atoms with E-state index in [9.17, 15) is 9.18 Å². The Kier molecular flexibility index (Phi) is 3.96. The van der Waals surface area contributed by atoms with Gasteiger partial charge in [-0.25, -0.2) is 4.79 Å². The summed E-state index contributed by atoms with van der Waals surface area (Å²) >= 11 is 0. The second-order valence-electron chi connectivity index (χ2n) is 4.32.